The molecule has 0 fully saturated rings. The Labute approximate surface area is 106 Å². The van der Waals surface area contributed by atoms with E-state index >= 15 is 0 Å². The number of benzene rings is 1. The zero-order chi connectivity index (χ0) is 12.7. The maximum absolute atomic E-state index is 10.9. The van der Waals surface area contributed by atoms with Gasteiger partial charge in [0.15, 0.2) is 0 Å². The van der Waals surface area contributed by atoms with Crippen LogP contribution in [0.2, 0.25) is 5.21 Å². The molecule has 0 spiro atoms. The number of hydrogen-bond donors (Lipinski definition) is 2. The molecule has 1 aromatic rings. The minimum absolute atomic E-state index is 0.0916. The molecule has 1 rings (SSSR count). The van der Waals surface area contributed by atoms with Crippen LogP contribution < -0.4 is 14.8 Å². The van der Waals surface area contributed by atoms with Gasteiger partial charge in [-0.3, -0.25) is 0 Å². The number of rotatable bonds is 7. The normalized spacial score (nSPS) is 10.9. The number of aliphatic hydroxyl groups is 1. The van der Waals surface area contributed by atoms with E-state index in [2.05, 4.69) is 0 Å². The zero-order valence-electron chi connectivity index (χ0n) is 9.26. The van der Waals surface area contributed by atoms with Gasteiger partial charge in [-0.25, -0.2) is 0 Å². The van der Waals surface area contributed by atoms with E-state index in [1.165, 1.54) is 6.07 Å². The SMILES string of the molecule is NCC[AsH]c1ccc(OCCO)cc1[N+](=O)[O-]. The van der Waals surface area contributed by atoms with Gasteiger partial charge in [-0.2, -0.15) is 0 Å². The van der Waals surface area contributed by atoms with E-state index in [0.29, 0.717) is 12.3 Å². The molecule has 3 N–H and O–H groups in total. The van der Waals surface area contributed by atoms with Gasteiger partial charge < -0.3 is 0 Å². The topological polar surface area (TPSA) is 98.6 Å². The van der Waals surface area contributed by atoms with Crippen molar-refractivity contribution >= 4 is 25.8 Å². The first-order chi connectivity index (χ1) is 8.19. The fraction of sp³-hybridized carbons (Fsp3) is 0.400. The Morgan fingerprint density at radius 3 is 2.88 bits per heavy atom. The van der Waals surface area contributed by atoms with Gasteiger partial charge in [0, 0.05) is 0 Å². The Morgan fingerprint density at radius 2 is 2.29 bits per heavy atom. The van der Waals surface area contributed by atoms with Gasteiger partial charge in [-0.1, -0.05) is 0 Å². The summed E-state index contributed by atoms with van der Waals surface area (Å²) in [6.07, 6.45) is 0. The molecule has 94 valence electrons. The summed E-state index contributed by atoms with van der Waals surface area (Å²) in [5, 5.41) is 20.3. The van der Waals surface area contributed by atoms with Crippen LogP contribution >= 0.6 is 0 Å². The third kappa shape index (κ3) is 4.34. The standard InChI is InChI=1S/C10H15AsN2O4/c12-4-3-11-9-2-1-8(17-6-5-14)7-10(9)13(15)16/h1-2,7,11,14H,3-6,12H2. The number of aliphatic hydroxyl groups excluding tert-OH is 1. The Hall–Kier alpha value is -1.10. The monoisotopic (exact) mass is 302 g/mol. The van der Waals surface area contributed by atoms with Gasteiger partial charge in [0.25, 0.3) is 0 Å². The molecule has 0 bridgehead atoms. The molecule has 0 amide bonds. The Kier molecular flexibility index (Phi) is 5.97. The van der Waals surface area contributed by atoms with Gasteiger partial charge >= 0.3 is 105 Å². The molecule has 0 aliphatic rings. The molecule has 7 heteroatoms. The molecule has 1 atom stereocenters. The predicted molar refractivity (Wildman–Crippen MR) is 66.3 cm³/mol. The van der Waals surface area contributed by atoms with E-state index in [-0.39, 0.29) is 18.9 Å². The molecule has 17 heavy (non-hydrogen) atoms. The van der Waals surface area contributed by atoms with E-state index in [0.717, 1.165) is 9.56 Å². The van der Waals surface area contributed by atoms with Crippen LogP contribution in [0.1, 0.15) is 0 Å². The Balaban J connectivity index is 2.87. The second kappa shape index (κ2) is 7.27. The van der Waals surface area contributed by atoms with E-state index in [1.54, 1.807) is 12.1 Å². The number of nitrogens with two attached hydrogens (primary N) is 1. The van der Waals surface area contributed by atoms with Crippen molar-refractivity contribution < 1.29 is 14.8 Å². The van der Waals surface area contributed by atoms with Crippen LogP contribution in [0.3, 0.4) is 0 Å². The van der Waals surface area contributed by atoms with Crippen LogP contribution in [0.4, 0.5) is 5.69 Å². The first-order valence-electron chi connectivity index (χ1n) is 5.15. The van der Waals surface area contributed by atoms with Crippen LogP contribution in [0.25, 0.3) is 0 Å². The summed E-state index contributed by atoms with van der Waals surface area (Å²) < 4.78 is 5.92. The van der Waals surface area contributed by atoms with Crippen LogP contribution in [-0.4, -0.2) is 45.5 Å². The summed E-state index contributed by atoms with van der Waals surface area (Å²) in [5.41, 5.74) is 5.50. The average molecular weight is 302 g/mol. The molecule has 0 aromatic heterocycles. The molecule has 0 aliphatic heterocycles. The quantitative estimate of drug-likeness (QED) is 0.398. The second-order valence-electron chi connectivity index (χ2n) is 3.22. The molecule has 0 saturated heterocycles. The van der Waals surface area contributed by atoms with Crippen molar-refractivity contribution in [1.29, 1.82) is 0 Å². The van der Waals surface area contributed by atoms with E-state index in [4.69, 9.17) is 15.6 Å². The van der Waals surface area contributed by atoms with Gasteiger partial charge in [0.2, 0.25) is 0 Å². The molecular weight excluding hydrogens is 287 g/mol. The molecule has 1 unspecified atom stereocenters. The Morgan fingerprint density at radius 1 is 1.53 bits per heavy atom. The number of hydrogen-bond acceptors (Lipinski definition) is 5. The van der Waals surface area contributed by atoms with Crippen molar-refractivity contribution in [3.8, 4) is 5.75 Å². The van der Waals surface area contributed by atoms with E-state index in [9.17, 15) is 10.1 Å². The van der Waals surface area contributed by atoms with Gasteiger partial charge in [-0.05, 0) is 0 Å². The van der Waals surface area contributed by atoms with Crippen molar-refractivity contribution in [2.45, 2.75) is 5.21 Å². The number of nitro benzene ring substituents is 1. The number of nitro groups is 1. The van der Waals surface area contributed by atoms with Crippen LogP contribution in [-0.2, 0) is 0 Å². The summed E-state index contributed by atoms with van der Waals surface area (Å²) in [7, 11) is 0. The first-order valence-corrected chi connectivity index (χ1v) is 7.68. The molecule has 0 heterocycles. The molecule has 0 radical (unpaired) electrons. The summed E-state index contributed by atoms with van der Waals surface area (Å²) in [6, 6.07) is 4.82. The van der Waals surface area contributed by atoms with Crippen molar-refractivity contribution in [2.24, 2.45) is 5.73 Å². The molecule has 0 aliphatic carbocycles. The summed E-state index contributed by atoms with van der Waals surface area (Å²) in [5.74, 6) is 0.411. The second-order valence-corrected chi connectivity index (χ2v) is 6.14. The van der Waals surface area contributed by atoms with Crippen LogP contribution in [0.15, 0.2) is 18.2 Å². The number of nitrogens with zero attached hydrogens (tertiary/aromatic N) is 1. The van der Waals surface area contributed by atoms with Crippen LogP contribution in [0.5, 0.6) is 5.75 Å². The van der Waals surface area contributed by atoms with Gasteiger partial charge in [0.1, 0.15) is 0 Å². The molecule has 0 saturated carbocycles. The summed E-state index contributed by atoms with van der Waals surface area (Å²) in [4.78, 5) is 10.5. The average Bonchev–Trinajstić information content (AvgIpc) is 2.34. The van der Waals surface area contributed by atoms with Crippen molar-refractivity contribution in [2.75, 3.05) is 19.8 Å². The predicted octanol–water partition coefficient (Wildman–Crippen LogP) is -0.595. The fourth-order valence-corrected chi connectivity index (χ4v) is 3.29. The Bertz CT molecular complexity index is 387. The van der Waals surface area contributed by atoms with Gasteiger partial charge in [0.05, 0.1) is 0 Å². The third-order valence-corrected chi connectivity index (χ3v) is 4.80. The summed E-state index contributed by atoms with van der Waals surface area (Å²) >= 11 is -0.563. The van der Waals surface area contributed by atoms with Crippen LogP contribution in [0, 0.1) is 10.1 Å². The third-order valence-electron chi connectivity index (χ3n) is 1.99. The van der Waals surface area contributed by atoms with E-state index in [1.807, 2.05) is 0 Å². The minimum atomic E-state index is -0.563. The molecular formula is C10H15AsN2O4. The van der Waals surface area contributed by atoms with Gasteiger partial charge in [-0.15, -0.1) is 0 Å². The van der Waals surface area contributed by atoms with Crippen molar-refractivity contribution in [1.82, 2.24) is 0 Å². The molecule has 6 nitrogen and oxygen atoms in total. The fourth-order valence-electron chi connectivity index (χ4n) is 1.27. The maximum atomic E-state index is 10.9. The zero-order valence-corrected chi connectivity index (χ0v) is 11.4. The first kappa shape index (κ1) is 14.0. The number of ether oxygens (including phenoxy) is 1. The summed E-state index contributed by atoms with van der Waals surface area (Å²) in [6.45, 7) is 0.575. The van der Waals surface area contributed by atoms with E-state index < -0.39 is 20.7 Å². The van der Waals surface area contributed by atoms with Crippen molar-refractivity contribution in [3.05, 3.63) is 28.3 Å². The van der Waals surface area contributed by atoms with Crippen molar-refractivity contribution in [3.63, 3.8) is 0 Å². The molecule has 1 aromatic carbocycles.